The van der Waals surface area contributed by atoms with E-state index in [1.54, 1.807) is 24.3 Å². The number of aliphatic hydroxyl groups excluding tert-OH is 1. The molecule has 66 valence electrons. The molecule has 0 unspecified atom stereocenters. The van der Waals surface area contributed by atoms with Gasteiger partial charge in [-0.25, -0.2) is 0 Å². The van der Waals surface area contributed by atoms with E-state index < -0.39 is 6.10 Å². The van der Waals surface area contributed by atoms with E-state index in [0.29, 0.717) is 5.56 Å². The summed E-state index contributed by atoms with van der Waals surface area (Å²) in [5.74, 6) is 0.173. The number of rotatable bonds is 2. The molecule has 0 radical (unpaired) electrons. The van der Waals surface area contributed by atoms with Crippen LogP contribution in [0.25, 0.3) is 0 Å². The van der Waals surface area contributed by atoms with Gasteiger partial charge in [-0.1, -0.05) is 12.1 Å². The fourth-order valence-electron chi connectivity index (χ4n) is 1.04. The summed E-state index contributed by atoms with van der Waals surface area (Å²) >= 11 is 0. The Morgan fingerprint density at radius 1 is 1.42 bits per heavy atom. The van der Waals surface area contributed by atoms with Gasteiger partial charge in [0.1, 0.15) is 17.9 Å². The number of aliphatic hydroxyl groups is 1. The van der Waals surface area contributed by atoms with Gasteiger partial charge in [-0.05, 0) is 24.6 Å². The summed E-state index contributed by atoms with van der Waals surface area (Å²) in [6.07, 6.45) is -0.600. The molecule has 1 rings (SSSR count). The van der Waals surface area contributed by atoms with Gasteiger partial charge < -0.3 is 15.9 Å². The third kappa shape index (κ3) is 1.96. The van der Waals surface area contributed by atoms with Crippen LogP contribution in [0.1, 0.15) is 18.6 Å². The Hall–Kier alpha value is -1.06. The van der Waals surface area contributed by atoms with Gasteiger partial charge >= 0.3 is 0 Å². The summed E-state index contributed by atoms with van der Waals surface area (Å²) in [6, 6.07) is 6.52. The lowest BCUT2D eigenvalue weighted by molar-refractivity contribution is -0.433. The van der Waals surface area contributed by atoms with E-state index in [1.807, 2.05) is 6.92 Å². The average Bonchev–Trinajstić information content (AvgIpc) is 2.03. The molecule has 0 fully saturated rings. The molecule has 3 heteroatoms. The van der Waals surface area contributed by atoms with Crippen LogP contribution in [0, 0.1) is 0 Å². The van der Waals surface area contributed by atoms with Crippen LogP contribution in [0.2, 0.25) is 0 Å². The topological polar surface area (TPSA) is 68.1 Å². The molecule has 3 nitrogen and oxygen atoms in total. The molecule has 0 heterocycles. The lowest BCUT2D eigenvalue weighted by Gasteiger charge is -2.11. The molecule has 0 aliphatic heterocycles. The maximum Gasteiger partial charge on any atom is 0.130 e. The largest absolute Gasteiger partial charge is 0.508 e. The number of phenolic OH excluding ortho intramolecular Hbond substituents is 1. The fourth-order valence-corrected chi connectivity index (χ4v) is 1.04. The van der Waals surface area contributed by atoms with Crippen LogP contribution in [0.15, 0.2) is 24.3 Å². The highest BCUT2D eigenvalue weighted by Crippen LogP contribution is 2.18. The van der Waals surface area contributed by atoms with Gasteiger partial charge in [-0.2, -0.15) is 0 Å². The standard InChI is InChI=1S/C9H13NO2/c1-6(10)9(12)7-3-2-4-8(11)5-7/h2-6,9,11-12H,10H2,1H3/p+1/t6-,9-/m0/s1. The minimum atomic E-state index is -0.600. The maximum atomic E-state index is 9.55. The highest BCUT2D eigenvalue weighted by atomic mass is 16.3. The summed E-state index contributed by atoms with van der Waals surface area (Å²) in [6.45, 7) is 1.83. The Morgan fingerprint density at radius 2 is 2.08 bits per heavy atom. The van der Waals surface area contributed by atoms with Crippen molar-refractivity contribution in [2.75, 3.05) is 0 Å². The van der Waals surface area contributed by atoms with Crippen molar-refractivity contribution in [2.24, 2.45) is 0 Å². The van der Waals surface area contributed by atoms with Crippen LogP contribution in [0.4, 0.5) is 0 Å². The smallest absolute Gasteiger partial charge is 0.130 e. The van der Waals surface area contributed by atoms with Gasteiger partial charge in [0.05, 0.1) is 0 Å². The van der Waals surface area contributed by atoms with Crippen molar-refractivity contribution in [2.45, 2.75) is 19.1 Å². The first-order chi connectivity index (χ1) is 5.61. The molecule has 12 heavy (non-hydrogen) atoms. The first kappa shape index (κ1) is 9.03. The van der Waals surface area contributed by atoms with Crippen molar-refractivity contribution in [3.8, 4) is 5.75 Å². The monoisotopic (exact) mass is 168 g/mol. The summed E-state index contributed by atoms with van der Waals surface area (Å²) in [5, 5.41) is 18.7. The van der Waals surface area contributed by atoms with Crippen LogP contribution < -0.4 is 5.73 Å². The number of benzene rings is 1. The van der Waals surface area contributed by atoms with E-state index in [9.17, 15) is 5.11 Å². The summed E-state index contributed by atoms with van der Waals surface area (Å²) in [7, 11) is 0. The second kappa shape index (κ2) is 3.56. The van der Waals surface area contributed by atoms with Crippen molar-refractivity contribution in [1.29, 1.82) is 0 Å². The Balaban J connectivity index is 2.88. The summed E-state index contributed by atoms with van der Waals surface area (Å²) < 4.78 is 0. The number of phenols is 1. The predicted molar refractivity (Wildman–Crippen MR) is 45.4 cm³/mol. The van der Waals surface area contributed by atoms with Gasteiger partial charge in [0.15, 0.2) is 0 Å². The zero-order valence-corrected chi connectivity index (χ0v) is 7.07. The zero-order valence-electron chi connectivity index (χ0n) is 7.07. The highest BCUT2D eigenvalue weighted by Gasteiger charge is 2.14. The normalized spacial score (nSPS) is 15.6. The lowest BCUT2D eigenvalue weighted by Crippen LogP contribution is -2.61. The molecule has 0 bridgehead atoms. The molecular weight excluding hydrogens is 154 g/mol. The molecule has 0 saturated carbocycles. The van der Waals surface area contributed by atoms with Gasteiger partial charge in [-0.15, -0.1) is 0 Å². The molecule has 0 amide bonds. The summed E-state index contributed by atoms with van der Waals surface area (Å²) in [4.78, 5) is 0. The summed E-state index contributed by atoms with van der Waals surface area (Å²) in [5.41, 5.74) is 4.42. The fraction of sp³-hybridized carbons (Fsp3) is 0.333. The van der Waals surface area contributed by atoms with E-state index in [2.05, 4.69) is 5.73 Å². The molecule has 5 N–H and O–H groups in total. The number of quaternary nitrogens is 1. The van der Waals surface area contributed by atoms with Gasteiger partial charge in [-0.3, -0.25) is 0 Å². The third-order valence-corrected chi connectivity index (χ3v) is 1.75. The van der Waals surface area contributed by atoms with E-state index in [0.717, 1.165) is 0 Å². The average molecular weight is 168 g/mol. The molecule has 0 saturated heterocycles. The van der Waals surface area contributed by atoms with Crippen LogP contribution in [-0.4, -0.2) is 16.3 Å². The van der Waals surface area contributed by atoms with E-state index in [4.69, 9.17) is 5.11 Å². The molecule has 2 atom stereocenters. The Morgan fingerprint density at radius 3 is 2.58 bits per heavy atom. The van der Waals surface area contributed by atoms with E-state index >= 15 is 0 Å². The first-order valence-corrected chi connectivity index (χ1v) is 3.91. The Kier molecular flexibility index (Phi) is 2.68. The molecular formula is C9H14NO2+. The van der Waals surface area contributed by atoms with Gasteiger partial charge in [0.25, 0.3) is 0 Å². The Labute approximate surface area is 71.5 Å². The molecule has 0 aliphatic rings. The maximum absolute atomic E-state index is 9.55. The second-order valence-electron chi connectivity index (χ2n) is 3.02. The Bertz CT molecular complexity index is 260. The van der Waals surface area contributed by atoms with Crippen molar-refractivity contribution >= 4 is 0 Å². The van der Waals surface area contributed by atoms with Gasteiger partial charge in [0.2, 0.25) is 0 Å². The van der Waals surface area contributed by atoms with Gasteiger partial charge in [0, 0.05) is 0 Å². The van der Waals surface area contributed by atoms with Crippen LogP contribution in [-0.2, 0) is 0 Å². The molecule has 0 aromatic heterocycles. The minimum Gasteiger partial charge on any atom is -0.508 e. The quantitative estimate of drug-likeness (QED) is 0.584. The second-order valence-corrected chi connectivity index (χ2v) is 3.02. The van der Waals surface area contributed by atoms with Crippen molar-refractivity contribution in [1.82, 2.24) is 0 Å². The van der Waals surface area contributed by atoms with E-state index in [1.165, 1.54) is 0 Å². The molecule has 0 spiro atoms. The SMILES string of the molecule is C[C@H]([NH3+])[C@H](O)c1cccc(O)c1. The van der Waals surface area contributed by atoms with Crippen LogP contribution >= 0.6 is 0 Å². The van der Waals surface area contributed by atoms with Crippen LogP contribution in [0.5, 0.6) is 5.75 Å². The van der Waals surface area contributed by atoms with Crippen molar-refractivity contribution in [3.05, 3.63) is 29.8 Å². The van der Waals surface area contributed by atoms with E-state index in [-0.39, 0.29) is 11.8 Å². The van der Waals surface area contributed by atoms with Crippen molar-refractivity contribution < 1.29 is 15.9 Å². The number of aromatic hydroxyl groups is 1. The predicted octanol–water partition coefficient (Wildman–Crippen LogP) is 0.0560. The zero-order chi connectivity index (χ0) is 9.14. The molecule has 1 aromatic rings. The molecule has 0 aliphatic carbocycles. The van der Waals surface area contributed by atoms with Crippen LogP contribution in [0.3, 0.4) is 0 Å². The highest BCUT2D eigenvalue weighted by molar-refractivity contribution is 5.28. The number of hydrogen-bond acceptors (Lipinski definition) is 2. The van der Waals surface area contributed by atoms with Crippen molar-refractivity contribution in [3.63, 3.8) is 0 Å². The molecule has 1 aromatic carbocycles. The lowest BCUT2D eigenvalue weighted by atomic mass is 10.0. The first-order valence-electron chi connectivity index (χ1n) is 3.91. The third-order valence-electron chi connectivity index (χ3n) is 1.75. The number of hydrogen-bond donors (Lipinski definition) is 3. The minimum absolute atomic E-state index is 0.0770.